The first-order valence-electron chi connectivity index (χ1n) is 3.65. The highest BCUT2D eigenvalue weighted by Crippen LogP contribution is 2.47. The van der Waals surface area contributed by atoms with Crippen LogP contribution in [-0.2, 0) is 16.3 Å². The van der Waals surface area contributed by atoms with Crippen molar-refractivity contribution in [1.82, 2.24) is 0 Å². The minimum atomic E-state index is -2.60. The lowest BCUT2D eigenvalue weighted by Gasteiger charge is -2.20. The van der Waals surface area contributed by atoms with E-state index in [2.05, 4.69) is 47.8 Å². The Bertz CT molecular complexity index is 205. The fraction of sp³-hybridized carbons (Fsp3) is 1.00. The summed E-state index contributed by atoms with van der Waals surface area (Å²) in [4.78, 5) is 9.69. The quantitative estimate of drug-likeness (QED) is 0.556. The minimum Gasteiger partial charge on any atom is -0.345 e. The molecule has 0 aromatic carbocycles. The van der Waals surface area contributed by atoms with E-state index >= 15 is 0 Å². The molecule has 0 aromatic rings. The van der Waals surface area contributed by atoms with Crippen LogP contribution in [-0.4, -0.2) is 19.8 Å². The van der Waals surface area contributed by atoms with Gasteiger partial charge in [0.1, 0.15) is 0 Å². The van der Waals surface area contributed by atoms with Crippen molar-refractivity contribution in [3.05, 3.63) is 0 Å². The maximum Gasteiger partial charge on any atom is 0.186 e. The van der Waals surface area contributed by atoms with Crippen molar-refractivity contribution >= 4 is 66.1 Å². The normalized spacial score (nSPS) is 17.5. The smallest absolute Gasteiger partial charge is 0.186 e. The molecule has 1 unspecified atom stereocenters. The maximum absolute atomic E-state index is 9.69. The van der Waals surface area contributed by atoms with Gasteiger partial charge in [-0.15, -0.1) is 0 Å². The van der Waals surface area contributed by atoms with E-state index in [-0.39, 0.29) is 6.61 Å². The number of hydrogen-bond acceptors (Lipinski definition) is 2. The Hall–Kier alpha value is 2.01. The molecule has 0 aliphatic rings. The van der Waals surface area contributed by atoms with E-state index in [1.807, 2.05) is 13.8 Å². The average molecular weight is 419 g/mol. The molecule has 0 heterocycles. The molecule has 0 bridgehead atoms. The van der Waals surface area contributed by atoms with Crippen molar-refractivity contribution in [3.8, 4) is 0 Å². The second kappa shape index (κ2) is 5.92. The zero-order chi connectivity index (χ0) is 10.7. The van der Waals surface area contributed by atoms with Crippen LogP contribution in [0.2, 0.25) is 0 Å². The molecular formula is C6H12Br3O2PS. The van der Waals surface area contributed by atoms with Gasteiger partial charge in [-0.25, -0.2) is 0 Å². The van der Waals surface area contributed by atoms with E-state index in [0.29, 0.717) is 12.1 Å². The fourth-order valence-electron chi connectivity index (χ4n) is 0.688. The third-order valence-electron chi connectivity index (χ3n) is 1.03. The van der Waals surface area contributed by atoms with Crippen molar-refractivity contribution in [1.29, 1.82) is 0 Å². The number of hydrogen-bond donors (Lipinski definition) is 1. The van der Waals surface area contributed by atoms with E-state index in [4.69, 9.17) is 16.3 Å². The first kappa shape index (κ1) is 15.0. The van der Waals surface area contributed by atoms with E-state index in [1.165, 1.54) is 0 Å². The SMILES string of the molecule is CC(C)CP(O)(=S)OCC(Br)(Br)Br. The van der Waals surface area contributed by atoms with Gasteiger partial charge >= 0.3 is 0 Å². The molecule has 0 saturated heterocycles. The zero-order valence-corrected chi connectivity index (χ0v) is 13.8. The predicted molar refractivity (Wildman–Crippen MR) is 71.7 cm³/mol. The first-order valence-corrected chi connectivity index (χ1v) is 8.89. The Morgan fingerprint density at radius 1 is 1.46 bits per heavy atom. The van der Waals surface area contributed by atoms with Gasteiger partial charge < -0.3 is 9.42 Å². The van der Waals surface area contributed by atoms with Gasteiger partial charge in [0.25, 0.3) is 0 Å². The van der Waals surface area contributed by atoms with Crippen molar-refractivity contribution < 1.29 is 9.42 Å². The minimum absolute atomic E-state index is 0.285. The van der Waals surface area contributed by atoms with Crippen LogP contribution >= 0.6 is 54.3 Å². The van der Waals surface area contributed by atoms with E-state index < -0.39 is 8.63 Å². The highest BCUT2D eigenvalue weighted by molar-refractivity contribution is 9.39. The average Bonchev–Trinajstić information content (AvgIpc) is 1.79. The second-order valence-corrected chi connectivity index (χ2v) is 14.0. The van der Waals surface area contributed by atoms with Crippen LogP contribution in [0.1, 0.15) is 13.8 Å². The summed E-state index contributed by atoms with van der Waals surface area (Å²) in [6, 6.07) is 0. The molecule has 0 rings (SSSR count). The van der Waals surface area contributed by atoms with Crippen molar-refractivity contribution in [2.24, 2.45) is 5.92 Å². The summed E-state index contributed by atoms with van der Waals surface area (Å²) in [5.41, 5.74) is 0. The van der Waals surface area contributed by atoms with E-state index in [1.54, 1.807) is 0 Å². The molecule has 0 fully saturated rings. The van der Waals surface area contributed by atoms with Crippen LogP contribution in [0.4, 0.5) is 0 Å². The lowest BCUT2D eigenvalue weighted by Crippen LogP contribution is -2.11. The zero-order valence-electron chi connectivity index (χ0n) is 7.34. The van der Waals surface area contributed by atoms with E-state index in [0.717, 1.165) is 0 Å². The number of alkyl halides is 3. The molecule has 7 heteroatoms. The van der Waals surface area contributed by atoms with Crippen molar-refractivity contribution in [2.75, 3.05) is 12.8 Å². The Kier molecular flexibility index (Phi) is 6.84. The van der Waals surface area contributed by atoms with Crippen LogP contribution in [0, 0.1) is 5.92 Å². The van der Waals surface area contributed by atoms with Gasteiger partial charge in [0.05, 0.1) is 6.61 Å². The van der Waals surface area contributed by atoms with Crippen LogP contribution in [0.3, 0.4) is 0 Å². The van der Waals surface area contributed by atoms with Crippen LogP contribution < -0.4 is 0 Å². The van der Waals surface area contributed by atoms with Crippen LogP contribution in [0.25, 0.3) is 0 Å². The van der Waals surface area contributed by atoms with Gasteiger partial charge in [-0.05, 0) is 17.7 Å². The maximum atomic E-state index is 9.69. The molecule has 1 N–H and O–H groups in total. The van der Waals surface area contributed by atoms with Crippen LogP contribution in [0.15, 0.2) is 0 Å². The highest BCUT2D eigenvalue weighted by atomic mass is 80.0. The molecule has 1 atom stereocenters. The summed E-state index contributed by atoms with van der Waals surface area (Å²) >= 11 is 14.8. The van der Waals surface area contributed by atoms with Gasteiger partial charge in [0, 0.05) is 6.16 Å². The Balaban J connectivity index is 3.97. The lowest BCUT2D eigenvalue weighted by molar-refractivity contribution is 0.319. The van der Waals surface area contributed by atoms with Gasteiger partial charge in [0.2, 0.25) is 0 Å². The molecule has 0 spiro atoms. The summed E-state index contributed by atoms with van der Waals surface area (Å²) in [6.07, 6.45) is 0.547. The molecular weight excluding hydrogens is 407 g/mol. The Labute approximate surface area is 109 Å². The van der Waals surface area contributed by atoms with Crippen LogP contribution in [0.5, 0.6) is 0 Å². The monoisotopic (exact) mass is 416 g/mol. The first-order chi connectivity index (χ1) is 5.62. The molecule has 2 nitrogen and oxygen atoms in total. The summed E-state index contributed by atoms with van der Waals surface area (Å²) < 4.78 is 4.76. The molecule has 0 aliphatic carbocycles. The summed E-state index contributed by atoms with van der Waals surface area (Å²) in [5, 5.41) is 0. The summed E-state index contributed by atoms with van der Waals surface area (Å²) in [6.45, 7) is 1.69. The van der Waals surface area contributed by atoms with Gasteiger partial charge in [-0.3, -0.25) is 0 Å². The van der Waals surface area contributed by atoms with Gasteiger partial charge in [-0.2, -0.15) is 0 Å². The molecule has 0 radical (unpaired) electrons. The van der Waals surface area contributed by atoms with Crippen molar-refractivity contribution in [3.63, 3.8) is 0 Å². The summed E-state index contributed by atoms with van der Waals surface area (Å²) in [7, 11) is 0. The molecule has 0 aromatic heterocycles. The van der Waals surface area contributed by atoms with Gasteiger partial charge in [0.15, 0.2) is 8.63 Å². The molecule has 13 heavy (non-hydrogen) atoms. The second-order valence-electron chi connectivity index (χ2n) is 3.10. The van der Waals surface area contributed by atoms with E-state index in [9.17, 15) is 4.89 Å². The summed E-state index contributed by atoms with van der Waals surface area (Å²) in [5.74, 6) is 0.353. The lowest BCUT2D eigenvalue weighted by atomic mass is 10.3. The third-order valence-corrected chi connectivity index (χ3v) is 4.20. The standard InChI is InChI=1S/C6H12Br3O2PS/c1-5(2)3-12(10,13)11-4-6(7,8)9/h5H,3-4H2,1-2H3,(H,10,13). The predicted octanol–water partition coefficient (Wildman–Crippen LogP) is 3.80. The molecule has 0 aliphatic heterocycles. The topological polar surface area (TPSA) is 29.5 Å². The molecule has 0 amide bonds. The highest BCUT2D eigenvalue weighted by Gasteiger charge is 2.23. The molecule has 80 valence electrons. The number of halogens is 3. The largest absolute Gasteiger partial charge is 0.345 e. The molecule has 0 saturated carbocycles. The van der Waals surface area contributed by atoms with Gasteiger partial charge in [-0.1, -0.05) is 61.6 Å². The number of rotatable bonds is 4. The Morgan fingerprint density at radius 3 is 2.23 bits per heavy atom. The van der Waals surface area contributed by atoms with Crippen molar-refractivity contribution in [2.45, 2.75) is 16.0 Å². The third kappa shape index (κ3) is 10.3. The Morgan fingerprint density at radius 2 is 1.92 bits per heavy atom. The fourth-order valence-corrected chi connectivity index (χ4v) is 4.04.